The van der Waals surface area contributed by atoms with Crippen LogP contribution >= 0.6 is 0 Å². The quantitative estimate of drug-likeness (QED) is 0.589. The van der Waals surface area contributed by atoms with Gasteiger partial charge in [0.25, 0.3) is 0 Å². The van der Waals surface area contributed by atoms with Gasteiger partial charge in [0.1, 0.15) is 0 Å². The van der Waals surface area contributed by atoms with Gasteiger partial charge >= 0.3 is 0 Å². The molecule has 1 amide bonds. The van der Waals surface area contributed by atoms with Crippen molar-refractivity contribution in [2.24, 2.45) is 5.92 Å². The van der Waals surface area contributed by atoms with E-state index in [4.69, 9.17) is 5.26 Å². The molecule has 0 spiro atoms. The number of likely N-dealkylation sites (N-methyl/N-ethyl adjacent to an activating group) is 1. The number of nitriles is 1. The van der Waals surface area contributed by atoms with Gasteiger partial charge in [-0.2, -0.15) is 5.26 Å². The molecule has 0 aliphatic heterocycles. The summed E-state index contributed by atoms with van der Waals surface area (Å²) in [5.74, 6) is 0.0597. The second-order valence-electron chi connectivity index (χ2n) is 4.59. The van der Waals surface area contributed by atoms with Crippen LogP contribution in [0.15, 0.2) is 30.3 Å². The zero-order valence-corrected chi connectivity index (χ0v) is 10.6. The lowest BCUT2D eigenvalue weighted by atomic mass is 9.89. The Morgan fingerprint density at radius 3 is 2.41 bits per heavy atom. The first kappa shape index (κ1) is 13.2. The lowest BCUT2D eigenvalue weighted by Crippen LogP contribution is -2.28. The molecule has 3 nitrogen and oxygen atoms in total. The lowest BCUT2D eigenvalue weighted by Gasteiger charge is -2.20. The van der Waals surface area contributed by atoms with Crippen molar-refractivity contribution in [1.29, 1.82) is 5.26 Å². The predicted octanol–water partition coefficient (Wildman–Crippen LogP) is 2.76. The predicted molar refractivity (Wildman–Crippen MR) is 67.0 cm³/mol. The van der Waals surface area contributed by atoms with Crippen LogP contribution in [0.2, 0.25) is 0 Å². The Balaban J connectivity index is 2.97. The lowest BCUT2D eigenvalue weighted by molar-refractivity contribution is -0.129. The van der Waals surface area contributed by atoms with Gasteiger partial charge in [0.05, 0.1) is 5.92 Å². The number of amides is 1. The zero-order chi connectivity index (χ0) is 12.8. The van der Waals surface area contributed by atoms with Gasteiger partial charge in [-0.15, -0.1) is 0 Å². The van der Waals surface area contributed by atoms with Crippen molar-refractivity contribution in [1.82, 2.24) is 4.90 Å². The van der Waals surface area contributed by atoms with E-state index in [0.717, 1.165) is 16.9 Å². The second-order valence-corrected chi connectivity index (χ2v) is 4.59. The molecule has 90 valence electrons. The molecule has 0 saturated heterocycles. The van der Waals surface area contributed by atoms with E-state index in [2.05, 4.69) is 13.8 Å². The van der Waals surface area contributed by atoms with E-state index in [9.17, 15) is 4.79 Å². The molecule has 1 unspecified atom stereocenters. The molecule has 0 saturated carbocycles. The smallest absolute Gasteiger partial charge is 0.242 e. The first-order valence-electron chi connectivity index (χ1n) is 5.78. The van der Waals surface area contributed by atoms with Crippen molar-refractivity contribution in [3.8, 4) is 6.19 Å². The van der Waals surface area contributed by atoms with Crippen LogP contribution in [0.1, 0.15) is 31.7 Å². The highest BCUT2D eigenvalue weighted by molar-refractivity contribution is 5.84. The fourth-order valence-corrected chi connectivity index (χ4v) is 1.82. The van der Waals surface area contributed by atoms with Crippen LogP contribution in [0, 0.1) is 17.4 Å². The minimum atomic E-state index is -0.221. The van der Waals surface area contributed by atoms with Gasteiger partial charge in [-0.05, 0) is 17.9 Å². The van der Waals surface area contributed by atoms with Crippen molar-refractivity contribution in [3.05, 3.63) is 35.9 Å². The number of hydrogen-bond donors (Lipinski definition) is 0. The summed E-state index contributed by atoms with van der Waals surface area (Å²) in [4.78, 5) is 13.2. The SMILES string of the molecule is CC(C)CC(C(=O)N(C)C#N)c1ccccc1. The number of carbonyl (C=O) groups is 1. The van der Waals surface area contributed by atoms with Crippen molar-refractivity contribution >= 4 is 5.91 Å². The molecule has 0 aromatic heterocycles. The molecule has 17 heavy (non-hydrogen) atoms. The molecule has 3 heteroatoms. The monoisotopic (exact) mass is 230 g/mol. The van der Waals surface area contributed by atoms with E-state index in [1.54, 1.807) is 0 Å². The summed E-state index contributed by atoms with van der Waals surface area (Å²) in [5, 5.41) is 8.79. The van der Waals surface area contributed by atoms with Crippen LogP contribution in [0.5, 0.6) is 0 Å². The van der Waals surface area contributed by atoms with E-state index < -0.39 is 0 Å². The third-order valence-corrected chi connectivity index (χ3v) is 2.69. The fraction of sp³-hybridized carbons (Fsp3) is 0.429. The van der Waals surface area contributed by atoms with Crippen molar-refractivity contribution < 1.29 is 4.79 Å². The van der Waals surface area contributed by atoms with Gasteiger partial charge < -0.3 is 0 Å². The maximum Gasteiger partial charge on any atom is 0.242 e. The maximum atomic E-state index is 12.1. The minimum Gasteiger partial charge on any atom is -0.273 e. The summed E-state index contributed by atoms with van der Waals surface area (Å²) in [7, 11) is 1.51. The van der Waals surface area contributed by atoms with Crippen molar-refractivity contribution in [2.75, 3.05) is 7.05 Å². The number of benzene rings is 1. The summed E-state index contributed by atoms with van der Waals surface area (Å²) >= 11 is 0. The Bertz CT molecular complexity index is 406. The summed E-state index contributed by atoms with van der Waals surface area (Å²) in [6.07, 6.45) is 2.63. The van der Waals surface area contributed by atoms with Gasteiger partial charge in [0, 0.05) is 7.05 Å². The molecule has 0 aliphatic carbocycles. The molecule has 1 rings (SSSR count). The second kappa shape index (κ2) is 6.05. The molecule has 0 fully saturated rings. The van der Waals surface area contributed by atoms with Gasteiger partial charge in [-0.25, -0.2) is 0 Å². The average Bonchev–Trinajstić information content (AvgIpc) is 2.35. The molecular weight excluding hydrogens is 212 g/mol. The Hall–Kier alpha value is -1.82. The standard InChI is InChI=1S/C14H18N2O/c1-11(2)9-13(14(17)16(3)10-15)12-7-5-4-6-8-12/h4-8,11,13H,9H2,1-3H3. The molecule has 1 atom stereocenters. The molecule has 0 aliphatic rings. The Kier molecular flexibility index (Phi) is 4.71. The summed E-state index contributed by atoms with van der Waals surface area (Å²) in [6.45, 7) is 4.16. The van der Waals surface area contributed by atoms with E-state index in [-0.39, 0.29) is 11.8 Å². The van der Waals surface area contributed by atoms with Crippen LogP contribution < -0.4 is 0 Å². The largest absolute Gasteiger partial charge is 0.273 e. The Morgan fingerprint density at radius 2 is 1.94 bits per heavy atom. The summed E-state index contributed by atoms with van der Waals surface area (Å²) < 4.78 is 0. The molecular formula is C14H18N2O. The minimum absolute atomic E-state index is 0.132. The summed E-state index contributed by atoms with van der Waals surface area (Å²) in [6, 6.07) is 9.64. The van der Waals surface area contributed by atoms with Crippen LogP contribution in [-0.4, -0.2) is 17.9 Å². The van der Waals surface area contributed by atoms with Crippen molar-refractivity contribution in [3.63, 3.8) is 0 Å². The van der Waals surface area contributed by atoms with E-state index >= 15 is 0 Å². The maximum absolute atomic E-state index is 12.1. The van der Waals surface area contributed by atoms with E-state index in [1.807, 2.05) is 36.5 Å². The molecule has 0 bridgehead atoms. The zero-order valence-electron chi connectivity index (χ0n) is 10.6. The molecule has 0 N–H and O–H groups in total. The normalized spacial score (nSPS) is 11.9. The van der Waals surface area contributed by atoms with Gasteiger partial charge in [-0.1, -0.05) is 44.2 Å². The molecule has 1 aromatic rings. The number of hydrogen-bond acceptors (Lipinski definition) is 2. The fourth-order valence-electron chi connectivity index (χ4n) is 1.82. The topological polar surface area (TPSA) is 44.1 Å². The van der Waals surface area contributed by atoms with E-state index in [1.165, 1.54) is 7.05 Å². The van der Waals surface area contributed by atoms with E-state index in [0.29, 0.717) is 5.92 Å². The first-order chi connectivity index (χ1) is 8.06. The highest BCUT2D eigenvalue weighted by atomic mass is 16.2. The third-order valence-electron chi connectivity index (χ3n) is 2.69. The van der Waals surface area contributed by atoms with Gasteiger partial charge in [-0.3, -0.25) is 9.69 Å². The first-order valence-corrected chi connectivity index (χ1v) is 5.78. The molecule has 1 aromatic carbocycles. The average molecular weight is 230 g/mol. The Morgan fingerprint density at radius 1 is 1.35 bits per heavy atom. The highest BCUT2D eigenvalue weighted by Crippen LogP contribution is 2.25. The summed E-state index contributed by atoms with van der Waals surface area (Å²) in [5.41, 5.74) is 0.980. The van der Waals surface area contributed by atoms with Crippen LogP contribution in [-0.2, 0) is 4.79 Å². The number of carbonyl (C=O) groups excluding carboxylic acids is 1. The van der Waals surface area contributed by atoms with Crippen LogP contribution in [0.3, 0.4) is 0 Å². The number of nitrogens with zero attached hydrogens (tertiary/aromatic N) is 2. The Labute approximate surface area is 103 Å². The van der Waals surface area contributed by atoms with Crippen LogP contribution in [0.25, 0.3) is 0 Å². The van der Waals surface area contributed by atoms with Crippen molar-refractivity contribution in [2.45, 2.75) is 26.2 Å². The molecule has 0 radical (unpaired) electrons. The van der Waals surface area contributed by atoms with Gasteiger partial charge in [0.15, 0.2) is 6.19 Å². The van der Waals surface area contributed by atoms with Crippen LogP contribution in [0.4, 0.5) is 0 Å². The van der Waals surface area contributed by atoms with Gasteiger partial charge in [0.2, 0.25) is 5.91 Å². The third kappa shape index (κ3) is 3.60. The molecule has 0 heterocycles. The number of rotatable bonds is 4. The highest BCUT2D eigenvalue weighted by Gasteiger charge is 2.24.